The number of fused-ring (bicyclic) bond motifs is 1. The van der Waals surface area contributed by atoms with E-state index >= 15 is 0 Å². The molecule has 0 unspecified atom stereocenters. The molecule has 116 valence electrons. The van der Waals surface area contributed by atoms with Gasteiger partial charge in [0.2, 0.25) is 0 Å². The SMILES string of the molecule is CCOCCCNC(=O)C(=O)Nc1cccc2cccnc12. The van der Waals surface area contributed by atoms with E-state index in [-0.39, 0.29) is 0 Å². The molecule has 0 fully saturated rings. The van der Waals surface area contributed by atoms with Crippen LogP contribution in [0.5, 0.6) is 0 Å². The number of nitrogens with zero attached hydrogens (tertiary/aromatic N) is 1. The summed E-state index contributed by atoms with van der Waals surface area (Å²) in [6.45, 7) is 3.51. The Morgan fingerprint density at radius 3 is 2.82 bits per heavy atom. The molecule has 0 aliphatic carbocycles. The Kier molecular flexibility index (Phi) is 5.85. The second-order valence-corrected chi connectivity index (χ2v) is 4.64. The number of ether oxygens (including phenoxy) is 1. The predicted molar refractivity (Wildman–Crippen MR) is 84.5 cm³/mol. The highest BCUT2D eigenvalue weighted by atomic mass is 16.5. The molecule has 1 aromatic carbocycles. The van der Waals surface area contributed by atoms with Crippen LogP contribution in [0.25, 0.3) is 10.9 Å². The number of pyridine rings is 1. The van der Waals surface area contributed by atoms with Gasteiger partial charge >= 0.3 is 11.8 Å². The van der Waals surface area contributed by atoms with Crippen LogP contribution < -0.4 is 10.6 Å². The lowest BCUT2D eigenvalue weighted by atomic mass is 10.2. The zero-order chi connectivity index (χ0) is 15.8. The van der Waals surface area contributed by atoms with Crippen molar-refractivity contribution in [3.05, 3.63) is 36.5 Å². The fourth-order valence-corrected chi connectivity index (χ4v) is 1.98. The van der Waals surface area contributed by atoms with Crippen LogP contribution in [0.3, 0.4) is 0 Å². The Bertz CT molecular complexity index is 653. The minimum absolute atomic E-state index is 0.403. The Morgan fingerprint density at radius 2 is 2.00 bits per heavy atom. The number of benzene rings is 1. The van der Waals surface area contributed by atoms with Crippen molar-refractivity contribution in [3.63, 3.8) is 0 Å². The molecule has 0 bridgehead atoms. The molecule has 0 radical (unpaired) electrons. The summed E-state index contributed by atoms with van der Waals surface area (Å²) in [5.41, 5.74) is 1.18. The zero-order valence-electron chi connectivity index (χ0n) is 12.5. The van der Waals surface area contributed by atoms with E-state index in [1.165, 1.54) is 0 Å². The molecule has 1 heterocycles. The van der Waals surface area contributed by atoms with Crippen LogP contribution in [0.1, 0.15) is 13.3 Å². The van der Waals surface area contributed by atoms with Gasteiger partial charge in [-0.05, 0) is 25.5 Å². The van der Waals surface area contributed by atoms with E-state index in [1.807, 2.05) is 25.1 Å². The number of rotatable bonds is 6. The van der Waals surface area contributed by atoms with Gasteiger partial charge in [0, 0.05) is 31.3 Å². The predicted octanol–water partition coefficient (Wildman–Crippen LogP) is 1.72. The fraction of sp³-hybridized carbons (Fsp3) is 0.312. The summed E-state index contributed by atoms with van der Waals surface area (Å²) in [7, 11) is 0. The van der Waals surface area contributed by atoms with Gasteiger partial charge in [-0.3, -0.25) is 14.6 Å². The molecular formula is C16H19N3O3. The fourth-order valence-electron chi connectivity index (χ4n) is 1.98. The lowest BCUT2D eigenvalue weighted by Crippen LogP contribution is -2.36. The van der Waals surface area contributed by atoms with Gasteiger partial charge < -0.3 is 15.4 Å². The third-order valence-electron chi connectivity index (χ3n) is 3.04. The van der Waals surface area contributed by atoms with Gasteiger partial charge in [0.15, 0.2) is 0 Å². The van der Waals surface area contributed by atoms with Gasteiger partial charge in [-0.15, -0.1) is 0 Å². The molecule has 2 N–H and O–H groups in total. The lowest BCUT2D eigenvalue weighted by molar-refractivity contribution is -0.136. The van der Waals surface area contributed by atoms with Crippen molar-refractivity contribution in [1.29, 1.82) is 0 Å². The monoisotopic (exact) mass is 301 g/mol. The Hall–Kier alpha value is -2.47. The summed E-state index contributed by atoms with van der Waals surface area (Å²) in [5, 5.41) is 6.05. The van der Waals surface area contributed by atoms with Gasteiger partial charge in [0.1, 0.15) is 0 Å². The third kappa shape index (κ3) is 4.26. The van der Waals surface area contributed by atoms with Crippen LogP contribution in [-0.4, -0.2) is 36.6 Å². The second kappa shape index (κ2) is 8.09. The van der Waals surface area contributed by atoms with Crippen LogP contribution in [0, 0.1) is 0 Å². The molecule has 6 nitrogen and oxygen atoms in total. The number of hydrogen-bond acceptors (Lipinski definition) is 4. The molecule has 0 spiro atoms. The maximum atomic E-state index is 11.9. The van der Waals surface area contributed by atoms with Gasteiger partial charge in [-0.2, -0.15) is 0 Å². The topological polar surface area (TPSA) is 80.3 Å². The van der Waals surface area contributed by atoms with Crippen LogP contribution in [0.15, 0.2) is 36.5 Å². The average Bonchev–Trinajstić information content (AvgIpc) is 2.54. The summed E-state index contributed by atoms with van der Waals surface area (Å²) in [6, 6.07) is 9.13. The van der Waals surface area contributed by atoms with Crippen LogP contribution in [0.4, 0.5) is 5.69 Å². The van der Waals surface area contributed by atoms with Crippen molar-refractivity contribution >= 4 is 28.4 Å². The minimum atomic E-state index is -0.699. The number of carbonyl (C=O) groups excluding carboxylic acids is 2. The average molecular weight is 301 g/mol. The summed E-state index contributed by atoms with van der Waals surface area (Å²) in [5.74, 6) is -1.36. The standard InChI is InChI=1S/C16H19N3O3/c1-2-22-11-5-10-18-15(20)16(21)19-13-8-3-6-12-7-4-9-17-14(12)13/h3-4,6-9H,2,5,10-11H2,1H3,(H,18,20)(H,19,21). The molecule has 2 amide bonds. The van der Waals surface area contributed by atoms with E-state index in [0.29, 0.717) is 37.4 Å². The smallest absolute Gasteiger partial charge is 0.313 e. The van der Waals surface area contributed by atoms with E-state index in [0.717, 1.165) is 5.39 Å². The maximum absolute atomic E-state index is 11.9. The first-order chi connectivity index (χ1) is 10.7. The zero-order valence-corrected chi connectivity index (χ0v) is 12.5. The summed E-state index contributed by atoms with van der Waals surface area (Å²) in [4.78, 5) is 27.9. The van der Waals surface area contributed by atoms with E-state index in [2.05, 4.69) is 15.6 Å². The molecular weight excluding hydrogens is 282 g/mol. The van der Waals surface area contributed by atoms with Crippen molar-refractivity contribution in [3.8, 4) is 0 Å². The molecule has 0 saturated carbocycles. The van der Waals surface area contributed by atoms with E-state index < -0.39 is 11.8 Å². The van der Waals surface area contributed by atoms with Crippen molar-refractivity contribution in [2.24, 2.45) is 0 Å². The minimum Gasteiger partial charge on any atom is -0.382 e. The van der Waals surface area contributed by atoms with Gasteiger partial charge in [-0.25, -0.2) is 0 Å². The number of carbonyl (C=O) groups is 2. The first kappa shape index (κ1) is 15.9. The molecule has 1 aromatic heterocycles. The highest BCUT2D eigenvalue weighted by Gasteiger charge is 2.14. The highest BCUT2D eigenvalue weighted by Crippen LogP contribution is 2.20. The summed E-state index contributed by atoms with van der Waals surface area (Å²) >= 11 is 0. The first-order valence-corrected chi connectivity index (χ1v) is 7.23. The van der Waals surface area contributed by atoms with Crippen molar-refractivity contribution in [1.82, 2.24) is 10.3 Å². The summed E-state index contributed by atoms with van der Waals surface area (Å²) < 4.78 is 5.16. The molecule has 0 saturated heterocycles. The number of para-hydroxylation sites is 1. The largest absolute Gasteiger partial charge is 0.382 e. The van der Waals surface area contributed by atoms with Crippen molar-refractivity contribution in [2.75, 3.05) is 25.1 Å². The normalized spacial score (nSPS) is 10.4. The van der Waals surface area contributed by atoms with Crippen molar-refractivity contribution < 1.29 is 14.3 Å². The molecule has 0 atom stereocenters. The molecule has 22 heavy (non-hydrogen) atoms. The molecule has 0 aliphatic heterocycles. The Labute approximate surface area is 128 Å². The number of aromatic nitrogens is 1. The summed E-state index contributed by atoms with van der Waals surface area (Å²) in [6.07, 6.45) is 2.31. The molecule has 2 aromatic rings. The maximum Gasteiger partial charge on any atom is 0.313 e. The van der Waals surface area contributed by atoms with E-state index in [9.17, 15) is 9.59 Å². The highest BCUT2D eigenvalue weighted by molar-refractivity contribution is 6.40. The van der Waals surface area contributed by atoms with Crippen LogP contribution in [-0.2, 0) is 14.3 Å². The Balaban J connectivity index is 1.92. The molecule has 0 aliphatic rings. The van der Waals surface area contributed by atoms with E-state index in [4.69, 9.17) is 4.74 Å². The Morgan fingerprint density at radius 1 is 1.18 bits per heavy atom. The second-order valence-electron chi connectivity index (χ2n) is 4.64. The number of hydrogen-bond donors (Lipinski definition) is 2. The van der Waals surface area contributed by atoms with Gasteiger partial charge in [0.25, 0.3) is 0 Å². The lowest BCUT2D eigenvalue weighted by Gasteiger charge is -2.08. The number of nitrogens with one attached hydrogen (secondary N) is 2. The van der Waals surface area contributed by atoms with E-state index in [1.54, 1.807) is 18.3 Å². The number of amides is 2. The third-order valence-corrected chi connectivity index (χ3v) is 3.04. The molecule has 6 heteroatoms. The van der Waals surface area contributed by atoms with Crippen LogP contribution in [0.2, 0.25) is 0 Å². The quantitative estimate of drug-likeness (QED) is 0.629. The van der Waals surface area contributed by atoms with Gasteiger partial charge in [0.05, 0.1) is 11.2 Å². The molecule has 2 rings (SSSR count). The first-order valence-electron chi connectivity index (χ1n) is 7.23. The van der Waals surface area contributed by atoms with Crippen molar-refractivity contribution in [2.45, 2.75) is 13.3 Å². The van der Waals surface area contributed by atoms with Gasteiger partial charge in [-0.1, -0.05) is 18.2 Å². The van der Waals surface area contributed by atoms with Crippen LogP contribution >= 0.6 is 0 Å². The number of anilines is 1.